The SMILES string of the molecule is c1ccc2c(c1)CCC2NCc1ccc2ccccc2n1. The van der Waals surface area contributed by atoms with Crippen molar-refractivity contribution in [2.75, 3.05) is 0 Å². The van der Waals surface area contributed by atoms with Gasteiger partial charge in [-0.1, -0.05) is 48.5 Å². The molecule has 1 atom stereocenters. The summed E-state index contributed by atoms with van der Waals surface area (Å²) < 4.78 is 0. The Morgan fingerprint density at radius 2 is 1.81 bits per heavy atom. The second kappa shape index (κ2) is 5.30. The Morgan fingerprint density at radius 1 is 0.952 bits per heavy atom. The van der Waals surface area contributed by atoms with Crippen LogP contribution in [0.25, 0.3) is 10.9 Å². The van der Waals surface area contributed by atoms with Crippen LogP contribution in [0.5, 0.6) is 0 Å². The molecule has 1 N–H and O–H groups in total. The summed E-state index contributed by atoms with van der Waals surface area (Å²) in [7, 11) is 0. The minimum absolute atomic E-state index is 0.467. The fourth-order valence-electron chi connectivity index (χ4n) is 3.20. The van der Waals surface area contributed by atoms with E-state index in [1.165, 1.54) is 29.4 Å². The second-order valence-corrected chi connectivity index (χ2v) is 5.67. The summed E-state index contributed by atoms with van der Waals surface area (Å²) in [5.41, 5.74) is 5.13. The van der Waals surface area contributed by atoms with Crippen molar-refractivity contribution < 1.29 is 0 Å². The van der Waals surface area contributed by atoms with Gasteiger partial charge in [0, 0.05) is 18.0 Å². The van der Waals surface area contributed by atoms with E-state index in [-0.39, 0.29) is 0 Å². The maximum absolute atomic E-state index is 4.73. The Labute approximate surface area is 124 Å². The zero-order valence-corrected chi connectivity index (χ0v) is 11.9. The molecule has 2 nitrogen and oxygen atoms in total. The van der Waals surface area contributed by atoms with E-state index in [0.717, 1.165) is 17.8 Å². The number of hydrogen-bond acceptors (Lipinski definition) is 2. The molecule has 0 saturated heterocycles. The first-order chi connectivity index (χ1) is 10.4. The van der Waals surface area contributed by atoms with Gasteiger partial charge in [0.05, 0.1) is 11.2 Å². The molecular formula is C19H18N2. The first-order valence-electron chi connectivity index (χ1n) is 7.56. The zero-order chi connectivity index (χ0) is 14.1. The Bertz CT molecular complexity index is 779. The van der Waals surface area contributed by atoms with Crippen molar-refractivity contribution >= 4 is 10.9 Å². The Hall–Kier alpha value is -2.19. The summed E-state index contributed by atoms with van der Waals surface area (Å²) in [5, 5.41) is 4.86. The minimum Gasteiger partial charge on any atom is -0.304 e. The van der Waals surface area contributed by atoms with E-state index in [9.17, 15) is 0 Å². The predicted octanol–water partition coefficient (Wildman–Crippen LogP) is 4.01. The van der Waals surface area contributed by atoms with Gasteiger partial charge >= 0.3 is 0 Å². The summed E-state index contributed by atoms with van der Waals surface area (Å²) in [6.45, 7) is 0.823. The monoisotopic (exact) mass is 274 g/mol. The van der Waals surface area contributed by atoms with Crippen molar-refractivity contribution in [1.82, 2.24) is 10.3 Å². The molecule has 0 fully saturated rings. The van der Waals surface area contributed by atoms with Gasteiger partial charge in [-0.3, -0.25) is 4.98 Å². The Morgan fingerprint density at radius 3 is 2.81 bits per heavy atom. The van der Waals surface area contributed by atoms with E-state index >= 15 is 0 Å². The first kappa shape index (κ1) is 12.5. The smallest absolute Gasteiger partial charge is 0.0705 e. The summed E-state index contributed by atoms with van der Waals surface area (Å²) >= 11 is 0. The van der Waals surface area contributed by atoms with E-state index in [2.05, 4.69) is 59.9 Å². The number of pyridine rings is 1. The number of para-hydroxylation sites is 1. The van der Waals surface area contributed by atoms with Crippen molar-refractivity contribution in [2.24, 2.45) is 0 Å². The van der Waals surface area contributed by atoms with Gasteiger partial charge in [0.1, 0.15) is 0 Å². The van der Waals surface area contributed by atoms with Crippen LogP contribution in [0.4, 0.5) is 0 Å². The van der Waals surface area contributed by atoms with Crippen molar-refractivity contribution in [3.63, 3.8) is 0 Å². The molecule has 4 rings (SSSR count). The van der Waals surface area contributed by atoms with E-state index in [1.54, 1.807) is 0 Å². The lowest BCUT2D eigenvalue weighted by Crippen LogP contribution is -2.19. The van der Waals surface area contributed by atoms with Crippen LogP contribution in [0.3, 0.4) is 0 Å². The van der Waals surface area contributed by atoms with Crippen LogP contribution < -0.4 is 5.32 Å². The number of benzene rings is 2. The highest BCUT2D eigenvalue weighted by atomic mass is 14.9. The van der Waals surface area contributed by atoms with Crippen LogP contribution in [-0.2, 0) is 13.0 Å². The summed E-state index contributed by atoms with van der Waals surface area (Å²) in [5.74, 6) is 0. The van der Waals surface area contributed by atoms with Crippen LogP contribution in [-0.4, -0.2) is 4.98 Å². The highest BCUT2D eigenvalue weighted by Gasteiger charge is 2.21. The molecule has 2 heteroatoms. The maximum atomic E-state index is 4.73. The molecule has 0 amide bonds. The number of aromatic nitrogens is 1. The third-order valence-corrected chi connectivity index (χ3v) is 4.32. The lowest BCUT2D eigenvalue weighted by atomic mass is 10.1. The quantitative estimate of drug-likeness (QED) is 0.780. The van der Waals surface area contributed by atoms with Crippen LogP contribution >= 0.6 is 0 Å². The molecule has 2 aromatic carbocycles. The molecule has 1 unspecified atom stereocenters. The highest BCUT2D eigenvalue weighted by molar-refractivity contribution is 5.78. The Balaban J connectivity index is 1.51. The van der Waals surface area contributed by atoms with Gasteiger partial charge in [-0.2, -0.15) is 0 Å². The second-order valence-electron chi connectivity index (χ2n) is 5.67. The molecule has 104 valence electrons. The molecule has 1 aliphatic carbocycles. The number of rotatable bonds is 3. The van der Waals surface area contributed by atoms with Gasteiger partial charge in [0.15, 0.2) is 0 Å². The summed E-state index contributed by atoms with van der Waals surface area (Å²) in [4.78, 5) is 4.73. The molecular weight excluding hydrogens is 256 g/mol. The fraction of sp³-hybridized carbons (Fsp3) is 0.211. The van der Waals surface area contributed by atoms with E-state index in [1.807, 2.05) is 6.07 Å². The largest absolute Gasteiger partial charge is 0.304 e. The van der Waals surface area contributed by atoms with E-state index in [0.29, 0.717) is 6.04 Å². The molecule has 0 aliphatic heterocycles. The predicted molar refractivity (Wildman–Crippen MR) is 86.1 cm³/mol. The van der Waals surface area contributed by atoms with E-state index < -0.39 is 0 Å². The van der Waals surface area contributed by atoms with Crippen LogP contribution in [0.1, 0.15) is 29.3 Å². The van der Waals surface area contributed by atoms with Gasteiger partial charge in [-0.25, -0.2) is 0 Å². The van der Waals surface area contributed by atoms with Crippen molar-refractivity contribution in [2.45, 2.75) is 25.4 Å². The lowest BCUT2D eigenvalue weighted by Gasteiger charge is -2.14. The Kier molecular flexibility index (Phi) is 3.17. The molecule has 1 aliphatic rings. The van der Waals surface area contributed by atoms with Gasteiger partial charge < -0.3 is 5.32 Å². The average Bonchev–Trinajstić information content (AvgIpc) is 2.96. The molecule has 0 bridgehead atoms. The molecule has 0 radical (unpaired) electrons. The van der Waals surface area contributed by atoms with E-state index in [4.69, 9.17) is 4.98 Å². The third-order valence-electron chi connectivity index (χ3n) is 4.32. The topological polar surface area (TPSA) is 24.9 Å². The molecule has 21 heavy (non-hydrogen) atoms. The lowest BCUT2D eigenvalue weighted by molar-refractivity contribution is 0.526. The maximum Gasteiger partial charge on any atom is 0.0705 e. The summed E-state index contributed by atoms with van der Waals surface area (Å²) in [6, 6.07) is 21.8. The summed E-state index contributed by atoms with van der Waals surface area (Å²) in [6.07, 6.45) is 2.37. The molecule has 0 spiro atoms. The number of hydrogen-bond donors (Lipinski definition) is 1. The number of nitrogens with one attached hydrogen (secondary N) is 1. The van der Waals surface area contributed by atoms with Crippen molar-refractivity contribution in [3.05, 3.63) is 77.5 Å². The first-order valence-corrected chi connectivity index (χ1v) is 7.56. The molecule has 3 aromatic rings. The number of aryl methyl sites for hydroxylation is 1. The van der Waals surface area contributed by atoms with Gasteiger partial charge in [-0.15, -0.1) is 0 Å². The van der Waals surface area contributed by atoms with Crippen LogP contribution in [0.2, 0.25) is 0 Å². The standard InChI is InChI=1S/C19H18N2/c1-3-7-17-14(5-1)10-12-19(17)20-13-16-11-9-15-6-2-4-8-18(15)21-16/h1-9,11,19-20H,10,12-13H2. The highest BCUT2D eigenvalue weighted by Crippen LogP contribution is 2.30. The van der Waals surface area contributed by atoms with Gasteiger partial charge in [-0.05, 0) is 36.1 Å². The van der Waals surface area contributed by atoms with Crippen molar-refractivity contribution in [1.29, 1.82) is 0 Å². The molecule has 1 heterocycles. The number of nitrogens with zero attached hydrogens (tertiary/aromatic N) is 1. The van der Waals surface area contributed by atoms with Gasteiger partial charge in [0.25, 0.3) is 0 Å². The van der Waals surface area contributed by atoms with Crippen LogP contribution in [0, 0.1) is 0 Å². The zero-order valence-electron chi connectivity index (χ0n) is 11.9. The number of fused-ring (bicyclic) bond motifs is 2. The fourth-order valence-corrected chi connectivity index (χ4v) is 3.20. The average molecular weight is 274 g/mol. The van der Waals surface area contributed by atoms with Crippen molar-refractivity contribution in [3.8, 4) is 0 Å². The van der Waals surface area contributed by atoms with Crippen LogP contribution in [0.15, 0.2) is 60.7 Å². The minimum atomic E-state index is 0.467. The molecule has 1 aromatic heterocycles. The molecule has 0 saturated carbocycles. The van der Waals surface area contributed by atoms with Gasteiger partial charge in [0.2, 0.25) is 0 Å². The third kappa shape index (κ3) is 2.43. The normalized spacial score (nSPS) is 17.0.